The summed E-state index contributed by atoms with van der Waals surface area (Å²) in [4.78, 5) is 26.6. The van der Waals surface area contributed by atoms with Gasteiger partial charge in [0.2, 0.25) is 11.8 Å². The summed E-state index contributed by atoms with van der Waals surface area (Å²) >= 11 is 7.52. The van der Waals surface area contributed by atoms with Gasteiger partial charge in [-0.15, -0.1) is 11.8 Å². The molecular formula is C21H25ClN2O2S. The third-order valence-corrected chi connectivity index (χ3v) is 5.49. The first-order valence-corrected chi connectivity index (χ1v) is 10.3. The van der Waals surface area contributed by atoms with E-state index in [0.29, 0.717) is 23.1 Å². The number of nitrogens with zero attached hydrogens (tertiary/aromatic N) is 1. The number of halogens is 1. The van der Waals surface area contributed by atoms with Gasteiger partial charge >= 0.3 is 0 Å². The Labute approximate surface area is 170 Å². The minimum Gasteiger partial charge on any atom is -0.357 e. The van der Waals surface area contributed by atoms with E-state index in [0.717, 1.165) is 16.7 Å². The minimum atomic E-state index is -0.532. The first-order chi connectivity index (χ1) is 12.9. The summed E-state index contributed by atoms with van der Waals surface area (Å²) in [5.74, 6) is 0.771. The van der Waals surface area contributed by atoms with E-state index in [1.54, 1.807) is 18.9 Å². The summed E-state index contributed by atoms with van der Waals surface area (Å²) in [6, 6.07) is 15.1. The summed E-state index contributed by atoms with van der Waals surface area (Å²) in [7, 11) is 1.58. The Morgan fingerprint density at radius 2 is 1.85 bits per heavy atom. The Balaban J connectivity index is 2.03. The van der Waals surface area contributed by atoms with Crippen molar-refractivity contribution in [3.05, 3.63) is 70.2 Å². The average molecular weight is 405 g/mol. The number of carbonyl (C=O) groups is 2. The number of likely N-dealkylation sites (N-methyl/N-ethyl adjacent to an activating group) is 1. The predicted octanol–water partition coefficient (Wildman–Crippen LogP) is 4.04. The van der Waals surface area contributed by atoms with Gasteiger partial charge in [0.05, 0.1) is 5.75 Å². The molecule has 0 saturated heterocycles. The van der Waals surface area contributed by atoms with Crippen LogP contribution in [-0.2, 0) is 21.9 Å². The second-order valence-corrected chi connectivity index (χ2v) is 7.84. The lowest BCUT2D eigenvalue weighted by Gasteiger charge is -2.28. The summed E-state index contributed by atoms with van der Waals surface area (Å²) in [5, 5.41) is 3.32. The molecular weight excluding hydrogens is 380 g/mol. The highest BCUT2D eigenvalue weighted by Gasteiger charge is 2.25. The predicted molar refractivity (Wildman–Crippen MR) is 113 cm³/mol. The summed E-state index contributed by atoms with van der Waals surface area (Å²) in [6.07, 6.45) is 0. The summed E-state index contributed by atoms with van der Waals surface area (Å²) in [5.41, 5.74) is 3.24. The number of nitrogens with one attached hydrogen (secondary N) is 1. The molecule has 0 aliphatic heterocycles. The van der Waals surface area contributed by atoms with Gasteiger partial charge < -0.3 is 10.2 Å². The lowest BCUT2D eigenvalue weighted by molar-refractivity contribution is -0.138. The molecule has 0 bridgehead atoms. The molecule has 2 rings (SSSR count). The molecule has 1 atom stereocenters. The Kier molecular flexibility index (Phi) is 8.20. The number of carbonyl (C=O) groups excluding carboxylic acids is 2. The van der Waals surface area contributed by atoms with Gasteiger partial charge in [0.1, 0.15) is 6.04 Å². The number of thioether (sulfide) groups is 1. The van der Waals surface area contributed by atoms with Crippen LogP contribution in [0.1, 0.15) is 23.6 Å². The van der Waals surface area contributed by atoms with Gasteiger partial charge in [0.25, 0.3) is 0 Å². The molecule has 6 heteroatoms. The first-order valence-electron chi connectivity index (χ1n) is 8.79. The number of hydrogen-bond acceptors (Lipinski definition) is 3. The van der Waals surface area contributed by atoms with E-state index in [1.807, 2.05) is 55.5 Å². The monoisotopic (exact) mass is 404 g/mol. The highest BCUT2D eigenvalue weighted by molar-refractivity contribution is 7.99. The average Bonchev–Trinajstić information content (AvgIpc) is 2.66. The maximum atomic E-state index is 12.8. The highest BCUT2D eigenvalue weighted by atomic mass is 35.5. The topological polar surface area (TPSA) is 49.4 Å². The van der Waals surface area contributed by atoms with Gasteiger partial charge in [0.15, 0.2) is 0 Å². The number of benzene rings is 2. The first kappa shape index (κ1) is 21.3. The summed E-state index contributed by atoms with van der Waals surface area (Å²) < 4.78 is 0. The third kappa shape index (κ3) is 6.60. The van der Waals surface area contributed by atoms with Gasteiger partial charge in [-0.3, -0.25) is 9.59 Å². The van der Waals surface area contributed by atoms with Crippen LogP contribution in [0.3, 0.4) is 0 Å². The van der Waals surface area contributed by atoms with Crippen LogP contribution in [0.2, 0.25) is 5.02 Å². The molecule has 2 amide bonds. The van der Waals surface area contributed by atoms with E-state index in [-0.39, 0.29) is 11.8 Å². The zero-order chi connectivity index (χ0) is 19.8. The van der Waals surface area contributed by atoms with Crippen molar-refractivity contribution < 1.29 is 9.59 Å². The molecule has 0 aliphatic rings. The van der Waals surface area contributed by atoms with E-state index >= 15 is 0 Å². The Morgan fingerprint density at radius 3 is 2.48 bits per heavy atom. The van der Waals surface area contributed by atoms with Crippen LogP contribution in [0.4, 0.5) is 0 Å². The van der Waals surface area contributed by atoms with Crippen molar-refractivity contribution in [3.8, 4) is 0 Å². The number of hydrogen-bond donors (Lipinski definition) is 1. The van der Waals surface area contributed by atoms with Crippen molar-refractivity contribution in [1.82, 2.24) is 10.2 Å². The fourth-order valence-electron chi connectivity index (χ4n) is 2.65. The van der Waals surface area contributed by atoms with E-state index < -0.39 is 6.04 Å². The van der Waals surface area contributed by atoms with Crippen molar-refractivity contribution in [1.29, 1.82) is 0 Å². The molecule has 2 aromatic rings. The van der Waals surface area contributed by atoms with Crippen molar-refractivity contribution in [3.63, 3.8) is 0 Å². The van der Waals surface area contributed by atoms with Crippen LogP contribution in [-0.4, -0.2) is 35.6 Å². The van der Waals surface area contributed by atoms with Gasteiger partial charge in [0, 0.05) is 24.4 Å². The molecule has 0 aromatic heterocycles. The van der Waals surface area contributed by atoms with Crippen molar-refractivity contribution in [2.45, 2.75) is 32.2 Å². The lowest BCUT2D eigenvalue weighted by atomic mass is 10.1. The molecule has 0 heterocycles. The molecule has 1 unspecified atom stereocenters. The zero-order valence-electron chi connectivity index (χ0n) is 15.9. The van der Waals surface area contributed by atoms with Gasteiger partial charge in [-0.2, -0.15) is 0 Å². The van der Waals surface area contributed by atoms with Crippen LogP contribution >= 0.6 is 23.4 Å². The number of rotatable bonds is 8. The molecule has 0 radical (unpaired) electrons. The minimum absolute atomic E-state index is 0.0568. The van der Waals surface area contributed by atoms with Gasteiger partial charge in [-0.05, 0) is 37.1 Å². The number of amides is 2. The molecule has 0 aliphatic carbocycles. The Bertz CT molecular complexity index is 780. The molecule has 0 spiro atoms. The fourth-order valence-corrected chi connectivity index (χ4v) is 3.72. The molecule has 2 aromatic carbocycles. The second-order valence-electron chi connectivity index (χ2n) is 6.42. The molecule has 1 N–H and O–H groups in total. The second kappa shape index (κ2) is 10.4. The zero-order valence-corrected chi connectivity index (χ0v) is 17.4. The molecule has 144 valence electrons. The highest BCUT2D eigenvalue weighted by Crippen LogP contribution is 2.18. The van der Waals surface area contributed by atoms with Crippen LogP contribution in [0.5, 0.6) is 0 Å². The van der Waals surface area contributed by atoms with Gasteiger partial charge in [-0.25, -0.2) is 0 Å². The van der Waals surface area contributed by atoms with Crippen LogP contribution < -0.4 is 5.32 Å². The van der Waals surface area contributed by atoms with Crippen molar-refractivity contribution >= 4 is 35.2 Å². The van der Waals surface area contributed by atoms with E-state index in [2.05, 4.69) is 5.32 Å². The lowest BCUT2D eigenvalue weighted by Crippen LogP contribution is -2.47. The molecule has 27 heavy (non-hydrogen) atoms. The molecule has 4 nitrogen and oxygen atoms in total. The smallest absolute Gasteiger partial charge is 0.242 e. The summed E-state index contributed by atoms with van der Waals surface area (Å²) in [6.45, 7) is 4.18. The van der Waals surface area contributed by atoms with Crippen molar-refractivity contribution in [2.24, 2.45) is 0 Å². The van der Waals surface area contributed by atoms with E-state index in [1.165, 1.54) is 11.8 Å². The number of aryl methyl sites for hydroxylation is 1. The SMILES string of the molecule is CNC(=O)C(C)N(Cc1ccc(C)cc1)C(=O)CSCc1cccc(Cl)c1. The normalized spacial score (nSPS) is 11.7. The van der Waals surface area contributed by atoms with E-state index in [4.69, 9.17) is 11.6 Å². The van der Waals surface area contributed by atoms with Crippen molar-refractivity contribution in [2.75, 3.05) is 12.8 Å². The van der Waals surface area contributed by atoms with E-state index in [9.17, 15) is 9.59 Å². The van der Waals surface area contributed by atoms with Gasteiger partial charge in [-0.1, -0.05) is 53.6 Å². The maximum Gasteiger partial charge on any atom is 0.242 e. The molecule has 0 fully saturated rings. The van der Waals surface area contributed by atoms with Crippen LogP contribution in [0.25, 0.3) is 0 Å². The Hall–Kier alpha value is -1.98. The standard InChI is InChI=1S/C21H25ClN2O2S/c1-15-7-9-17(10-8-15)12-24(16(2)21(26)23-3)20(25)14-27-13-18-5-4-6-19(22)11-18/h4-11,16H,12-14H2,1-3H3,(H,23,26). The fraction of sp³-hybridized carbons (Fsp3) is 0.333. The quantitative estimate of drug-likeness (QED) is 0.722. The largest absolute Gasteiger partial charge is 0.357 e. The van der Waals surface area contributed by atoms with Crippen LogP contribution in [0.15, 0.2) is 48.5 Å². The Morgan fingerprint density at radius 1 is 1.15 bits per heavy atom. The third-order valence-electron chi connectivity index (χ3n) is 4.27. The van der Waals surface area contributed by atoms with Crippen LogP contribution in [0, 0.1) is 6.92 Å². The maximum absolute atomic E-state index is 12.8. The molecule has 0 saturated carbocycles.